The van der Waals surface area contributed by atoms with Gasteiger partial charge in [0.2, 0.25) is 0 Å². The molecule has 1 aromatic carbocycles. The maximum atomic E-state index is 11.6. The van der Waals surface area contributed by atoms with Crippen molar-refractivity contribution in [2.24, 2.45) is 5.84 Å². The summed E-state index contributed by atoms with van der Waals surface area (Å²) >= 11 is 0. The van der Waals surface area contributed by atoms with Crippen LogP contribution in [0.1, 0.15) is 15.9 Å². The van der Waals surface area contributed by atoms with Gasteiger partial charge < -0.3 is 0 Å². The molecule has 13 heavy (non-hydrogen) atoms. The molecule has 0 aromatic heterocycles. The summed E-state index contributed by atoms with van der Waals surface area (Å²) in [7, 11) is 0. The van der Waals surface area contributed by atoms with Gasteiger partial charge in [-0.1, -0.05) is 18.2 Å². The van der Waals surface area contributed by atoms with E-state index in [9.17, 15) is 4.79 Å². The first-order chi connectivity index (χ1) is 6.33. The first-order valence-corrected chi connectivity index (χ1v) is 4.19. The number of hydrazine groups is 2. The van der Waals surface area contributed by atoms with Crippen molar-refractivity contribution in [2.75, 3.05) is 6.54 Å². The fourth-order valence-corrected chi connectivity index (χ4v) is 1.55. The van der Waals surface area contributed by atoms with Crippen LogP contribution in [-0.4, -0.2) is 17.5 Å². The number of carbonyl (C=O) groups is 1. The lowest BCUT2D eigenvalue weighted by Crippen LogP contribution is -2.50. The molecule has 1 amide bonds. The molecule has 4 nitrogen and oxygen atoms in total. The van der Waals surface area contributed by atoms with Gasteiger partial charge in [-0.2, -0.15) is 5.53 Å². The molecule has 0 saturated heterocycles. The lowest BCUT2D eigenvalue weighted by Gasteiger charge is -2.26. The van der Waals surface area contributed by atoms with E-state index in [0.717, 1.165) is 17.5 Å². The van der Waals surface area contributed by atoms with E-state index >= 15 is 0 Å². The number of benzene rings is 1. The Bertz CT molecular complexity index is 337. The first kappa shape index (κ1) is 8.22. The average molecular weight is 177 g/mol. The number of nitrogens with two attached hydrogens (primary N) is 1. The minimum Gasteiger partial charge on any atom is -0.268 e. The molecule has 1 heterocycles. The Labute approximate surface area is 76.3 Å². The number of hydrogen-bond acceptors (Lipinski definition) is 3. The second kappa shape index (κ2) is 3.16. The molecule has 0 bridgehead atoms. The third-order valence-corrected chi connectivity index (χ3v) is 2.25. The molecule has 1 aromatic rings. The van der Waals surface area contributed by atoms with Crippen LogP contribution in [0.4, 0.5) is 0 Å². The number of amides is 1. The van der Waals surface area contributed by atoms with Crippen LogP contribution in [0.15, 0.2) is 24.3 Å². The predicted molar refractivity (Wildman–Crippen MR) is 48.5 cm³/mol. The molecule has 2 rings (SSSR count). The van der Waals surface area contributed by atoms with Gasteiger partial charge in [0.15, 0.2) is 0 Å². The van der Waals surface area contributed by atoms with Crippen molar-refractivity contribution in [2.45, 2.75) is 6.42 Å². The molecule has 0 fully saturated rings. The van der Waals surface area contributed by atoms with Crippen LogP contribution in [0.25, 0.3) is 0 Å². The molecule has 0 spiro atoms. The molecule has 0 saturated carbocycles. The van der Waals surface area contributed by atoms with Crippen LogP contribution in [0.2, 0.25) is 0 Å². The highest BCUT2D eigenvalue weighted by molar-refractivity contribution is 5.96. The van der Waals surface area contributed by atoms with E-state index in [1.807, 2.05) is 24.3 Å². The smallest absolute Gasteiger partial charge is 0.268 e. The third kappa shape index (κ3) is 1.30. The summed E-state index contributed by atoms with van der Waals surface area (Å²) < 4.78 is 0. The van der Waals surface area contributed by atoms with Crippen LogP contribution >= 0.6 is 0 Å². The van der Waals surface area contributed by atoms with E-state index < -0.39 is 0 Å². The number of nitrogens with one attached hydrogen (secondary N) is 1. The maximum absolute atomic E-state index is 11.6. The molecule has 1 aliphatic heterocycles. The van der Waals surface area contributed by atoms with Gasteiger partial charge in [-0.15, -0.1) is 0 Å². The van der Waals surface area contributed by atoms with Crippen molar-refractivity contribution in [3.8, 4) is 0 Å². The van der Waals surface area contributed by atoms with Crippen molar-refractivity contribution >= 4 is 5.91 Å². The zero-order valence-electron chi connectivity index (χ0n) is 7.16. The number of rotatable bonds is 1. The predicted octanol–water partition coefficient (Wildman–Crippen LogP) is 0.0632. The van der Waals surface area contributed by atoms with Gasteiger partial charge in [0.05, 0.1) is 0 Å². The fraction of sp³-hybridized carbons (Fsp3) is 0.222. The highest BCUT2D eigenvalue weighted by atomic mass is 16.2. The molecule has 0 atom stereocenters. The normalized spacial score (nSPS) is 15.8. The first-order valence-electron chi connectivity index (χ1n) is 4.19. The van der Waals surface area contributed by atoms with Crippen molar-refractivity contribution in [3.63, 3.8) is 0 Å². The summed E-state index contributed by atoms with van der Waals surface area (Å²) in [6.45, 7) is 0.631. The number of carbonyl (C=O) groups excluding carboxylic acids is 1. The Kier molecular flexibility index (Phi) is 2.00. The second-order valence-corrected chi connectivity index (χ2v) is 2.99. The summed E-state index contributed by atoms with van der Waals surface area (Å²) in [6, 6.07) is 7.59. The number of fused-ring (bicyclic) bond motifs is 1. The van der Waals surface area contributed by atoms with Gasteiger partial charge in [0, 0.05) is 12.1 Å². The highest BCUT2D eigenvalue weighted by Gasteiger charge is 2.22. The van der Waals surface area contributed by atoms with Crippen LogP contribution < -0.4 is 11.4 Å². The third-order valence-electron chi connectivity index (χ3n) is 2.25. The molecule has 0 aliphatic carbocycles. The van der Waals surface area contributed by atoms with Crippen LogP contribution in [0.3, 0.4) is 0 Å². The standard InChI is InChI=1S/C9H11N3O/c10-11-12-6-5-7-3-1-2-4-8(7)9(12)13/h1-4,11H,5-6,10H2. The Morgan fingerprint density at radius 2 is 2.15 bits per heavy atom. The minimum absolute atomic E-state index is 0.0515. The van der Waals surface area contributed by atoms with Crippen LogP contribution in [0.5, 0.6) is 0 Å². The lowest BCUT2D eigenvalue weighted by molar-refractivity contribution is 0.0640. The lowest BCUT2D eigenvalue weighted by atomic mass is 10.0. The van der Waals surface area contributed by atoms with Crippen molar-refractivity contribution < 1.29 is 4.79 Å². The topological polar surface area (TPSA) is 58.4 Å². The molecule has 3 N–H and O–H groups in total. The van der Waals surface area contributed by atoms with E-state index in [2.05, 4.69) is 5.53 Å². The van der Waals surface area contributed by atoms with Gasteiger partial charge in [0.25, 0.3) is 5.91 Å². The SMILES string of the molecule is NNN1CCc2ccccc2C1=O. The maximum Gasteiger partial charge on any atom is 0.269 e. The second-order valence-electron chi connectivity index (χ2n) is 2.99. The Morgan fingerprint density at radius 1 is 1.38 bits per heavy atom. The van der Waals surface area contributed by atoms with Crippen molar-refractivity contribution in [1.29, 1.82) is 0 Å². The monoisotopic (exact) mass is 177 g/mol. The zero-order valence-corrected chi connectivity index (χ0v) is 7.16. The van der Waals surface area contributed by atoms with E-state index in [-0.39, 0.29) is 5.91 Å². The molecular formula is C9H11N3O. The largest absolute Gasteiger partial charge is 0.269 e. The molecule has 0 unspecified atom stereocenters. The molecular weight excluding hydrogens is 166 g/mol. The Morgan fingerprint density at radius 3 is 2.92 bits per heavy atom. The fourth-order valence-electron chi connectivity index (χ4n) is 1.55. The highest BCUT2D eigenvalue weighted by Crippen LogP contribution is 2.16. The summed E-state index contributed by atoms with van der Waals surface area (Å²) in [5, 5.41) is 1.42. The van der Waals surface area contributed by atoms with Crippen LogP contribution in [-0.2, 0) is 6.42 Å². The number of hydrogen-bond donors (Lipinski definition) is 2. The van der Waals surface area contributed by atoms with Gasteiger partial charge in [-0.25, -0.2) is 0 Å². The van der Waals surface area contributed by atoms with E-state index in [1.54, 1.807) is 0 Å². The van der Waals surface area contributed by atoms with Gasteiger partial charge in [-0.05, 0) is 18.1 Å². The Balaban J connectivity index is 2.39. The van der Waals surface area contributed by atoms with Gasteiger partial charge in [0.1, 0.15) is 0 Å². The molecule has 4 heteroatoms. The quantitative estimate of drug-likeness (QED) is 0.471. The van der Waals surface area contributed by atoms with E-state index in [1.165, 1.54) is 5.01 Å². The summed E-state index contributed by atoms with van der Waals surface area (Å²) in [5.74, 6) is 5.15. The van der Waals surface area contributed by atoms with Gasteiger partial charge >= 0.3 is 0 Å². The minimum atomic E-state index is -0.0515. The van der Waals surface area contributed by atoms with Crippen LogP contribution in [0, 0.1) is 0 Å². The molecule has 68 valence electrons. The zero-order chi connectivity index (χ0) is 9.26. The van der Waals surface area contributed by atoms with Crippen molar-refractivity contribution in [1.82, 2.24) is 10.5 Å². The molecule has 0 radical (unpaired) electrons. The van der Waals surface area contributed by atoms with E-state index in [4.69, 9.17) is 5.84 Å². The molecule has 1 aliphatic rings. The Hall–Kier alpha value is -1.39. The van der Waals surface area contributed by atoms with E-state index in [0.29, 0.717) is 6.54 Å². The summed E-state index contributed by atoms with van der Waals surface area (Å²) in [4.78, 5) is 11.6. The van der Waals surface area contributed by atoms with Crippen molar-refractivity contribution in [3.05, 3.63) is 35.4 Å². The average Bonchev–Trinajstić information content (AvgIpc) is 2.19. The van der Waals surface area contributed by atoms with Gasteiger partial charge in [-0.3, -0.25) is 15.6 Å². The number of nitrogens with zero attached hydrogens (tertiary/aromatic N) is 1. The summed E-state index contributed by atoms with van der Waals surface area (Å²) in [6.07, 6.45) is 0.853. The summed E-state index contributed by atoms with van der Waals surface area (Å²) in [5.41, 5.74) is 4.22.